The monoisotopic (exact) mass is 429 g/mol. The molecular weight excluding hydrogens is 410 g/mol. The molecule has 7 heteroatoms. The minimum absolute atomic E-state index is 0.455. The normalized spacial score (nSPS) is 11.2. The molecule has 1 N–H and O–H groups in total. The Morgan fingerprint density at radius 3 is 2.50 bits per heavy atom. The van der Waals surface area contributed by atoms with E-state index < -0.39 is 0 Å². The number of hydrogen-bond donors (Lipinski definition) is 1. The largest absolute Gasteiger partial charge is 0.372 e. The van der Waals surface area contributed by atoms with Crippen LogP contribution in [0.1, 0.15) is 19.4 Å². The molecule has 2 aromatic carbocycles. The van der Waals surface area contributed by atoms with Gasteiger partial charge in [0, 0.05) is 34.4 Å². The van der Waals surface area contributed by atoms with Crippen molar-refractivity contribution >= 4 is 40.0 Å². The van der Waals surface area contributed by atoms with Gasteiger partial charge in [-0.05, 0) is 56.4 Å². The van der Waals surface area contributed by atoms with E-state index >= 15 is 0 Å². The maximum Gasteiger partial charge on any atom is 0.216 e. The topological polar surface area (TPSA) is 49.2 Å². The van der Waals surface area contributed by atoms with Crippen molar-refractivity contribution in [3.8, 4) is 11.4 Å². The standard InChI is InChI=1S/C19H20BrN5S/c1-3-24(4-2)16-11-9-14(10-12-16)18-22-23-19(26)25(18)21-13-15-7-5-6-8-17(15)20/h5-13H,3-4H2,1-2H3,(H,23,26). The Hall–Kier alpha value is -2.25. The number of benzene rings is 2. The van der Waals surface area contributed by atoms with E-state index in [-0.39, 0.29) is 0 Å². The zero-order valence-electron chi connectivity index (χ0n) is 14.7. The molecule has 0 aliphatic carbocycles. The quantitative estimate of drug-likeness (QED) is 0.437. The van der Waals surface area contributed by atoms with E-state index in [0.717, 1.165) is 28.7 Å². The molecule has 0 saturated heterocycles. The number of hydrogen-bond acceptors (Lipinski definition) is 4. The molecule has 0 amide bonds. The lowest BCUT2D eigenvalue weighted by molar-refractivity contribution is 0.864. The van der Waals surface area contributed by atoms with Gasteiger partial charge in [-0.25, -0.2) is 5.10 Å². The summed E-state index contributed by atoms with van der Waals surface area (Å²) in [6, 6.07) is 16.2. The Labute approximate surface area is 166 Å². The van der Waals surface area contributed by atoms with Crippen LogP contribution in [0.15, 0.2) is 58.1 Å². The summed E-state index contributed by atoms with van der Waals surface area (Å²) in [6.07, 6.45) is 1.77. The number of nitrogens with zero attached hydrogens (tertiary/aromatic N) is 4. The summed E-state index contributed by atoms with van der Waals surface area (Å²) in [5.74, 6) is 0.685. The fourth-order valence-electron chi connectivity index (χ4n) is 2.70. The molecule has 0 radical (unpaired) electrons. The second-order valence-electron chi connectivity index (χ2n) is 5.65. The Balaban J connectivity index is 1.93. The van der Waals surface area contributed by atoms with Gasteiger partial charge in [-0.15, -0.1) is 0 Å². The highest BCUT2D eigenvalue weighted by atomic mass is 79.9. The fraction of sp³-hybridized carbons (Fsp3) is 0.211. The van der Waals surface area contributed by atoms with Crippen LogP contribution in [-0.4, -0.2) is 34.2 Å². The fourth-order valence-corrected chi connectivity index (χ4v) is 3.26. The van der Waals surface area contributed by atoms with Crippen LogP contribution < -0.4 is 4.90 Å². The molecule has 5 nitrogen and oxygen atoms in total. The van der Waals surface area contributed by atoms with Gasteiger partial charge in [0.1, 0.15) is 0 Å². The molecule has 0 atom stereocenters. The van der Waals surface area contributed by atoms with E-state index in [9.17, 15) is 0 Å². The van der Waals surface area contributed by atoms with E-state index in [0.29, 0.717) is 10.6 Å². The molecule has 1 aromatic heterocycles. The molecule has 26 heavy (non-hydrogen) atoms. The van der Waals surface area contributed by atoms with Crippen molar-refractivity contribution in [1.29, 1.82) is 0 Å². The van der Waals surface area contributed by atoms with E-state index in [1.54, 1.807) is 10.9 Å². The van der Waals surface area contributed by atoms with E-state index in [1.807, 2.05) is 36.4 Å². The van der Waals surface area contributed by atoms with Crippen LogP contribution in [0.5, 0.6) is 0 Å². The van der Waals surface area contributed by atoms with Crippen molar-refractivity contribution in [2.24, 2.45) is 5.10 Å². The van der Waals surface area contributed by atoms with Gasteiger partial charge in [0.15, 0.2) is 5.82 Å². The lowest BCUT2D eigenvalue weighted by atomic mass is 10.2. The second kappa shape index (κ2) is 8.42. The Morgan fingerprint density at radius 1 is 1.15 bits per heavy atom. The average molecular weight is 430 g/mol. The molecule has 1 heterocycles. The number of H-pyrrole nitrogens is 1. The highest BCUT2D eigenvalue weighted by Gasteiger charge is 2.09. The van der Waals surface area contributed by atoms with Gasteiger partial charge >= 0.3 is 0 Å². The number of anilines is 1. The first-order valence-electron chi connectivity index (χ1n) is 8.45. The summed E-state index contributed by atoms with van der Waals surface area (Å²) in [4.78, 5) is 2.30. The highest BCUT2D eigenvalue weighted by Crippen LogP contribution is 2.22. The summed E-state index contributed by atoms with van der Waals surface area (Å²) >= 11 is 8.86. The zero-order chi connectivity index (χ0) is 18.5. The van der Waals surface area contributed by atoms with Crippen LogP contribution in [-0.2, 0) is 0 Å². The maximum atomic E-state index is 5.34. The number of nitrogens with one attached hydrogen (secondary N) is 1. The second-order valence-corrected chi connectivity index (χ2v) is 6.89. The van der Waals surface area contributed by atoms with Crippen molar-refractivity contribution in [3.05, 3.63) is 63.3 Å². The van der Waals surface area contributed by atoms with Gasteiger partial charge < -0.3 is 4.90 Å². The van der Waals surface area contributed by atoms with Crippen LogP contribution in [0.25, 0.3) is 11.4 Å². The molecule has 0 aliphatic rings. The van der Waals surface area contributed by atoms with Crippen molar-refractivity contribution < 1.29 is 0 Å². The average Bonchev–Trinajstić information content (AvgIpc) is 3.03. The Kier molecular flexibility index (Phi) is 6.00. The van der Waals surface area contributed by atoms with E-state index in [4.69, 9.17) is 12.2 Å². The Morgan fingerprint density at radius 2 is 1.85 bits per heavy atom. The minimum Gasteiger partial charge on any atom is -0.372 e. The van der Waals surface area contributed by atoms with Crippen LogP contribution >= 0.6 is 28.1 Å². The first-order valence-corrected chi connectivity index (χ1v) is 9.65. The smallest absolute Gasteiger partial charge is 0.216 e. The maximum absolute atomic E-state index is 5.34. The van der Waals surface area contributed by atoms with Crippen LogP contribution in [0, 0.1) is 4.77 Å². The number of aromatic nitrogens is 3. The van der Waals surface area contributed by atoms with Gasteiger partial charge in [0.2, 0.25) is 4.77 Å². The molecule has 0 bridgehead atoms. The molecule has 0 saturated carbocycles. The van der Waals surface area contributed by atoms with Crippen molar-refractivity contribution in [2.75, 3.05) is 18.0 Å². The van der Waals surface area contributed by atoms with Gasteiger partial charge in [0.25, 0.3) is 0 Å². The summed E-state index contributed by atoms with van der Waals surface area (Å²) in [6.45, 7) is 6.26. The molecule has 0 unspecified atom stereocenters. The Bertz CT molecular complexity index is 955. The minimum atomic E-state index is 0.455. The predicted octanol–water partition coefficient (Wildman–Crippen LogP) is 5.10. The predicted molar refractivity (Wildman–Crippen MR) is 114 cm³/mol. The zero-order valence-corrected chi connectivity index (χ0v) is 17.1. The van der Waals surface area contributed by atoms with Gasteiger partial charge in [-0.1, -0.05) is 34.1 Å². The molecule has 0 spiro atoms. The first kappa shape index (κ1) is 18.5. The summed E-state index contributed by atoms with van der Waals surface area (Å²) < 4.78 is 3.07. The third-order valence-electron chi connectivity index (χ3n) is 4.12. The summed E-state index contributed by atoms with van der Waals surface area (Å²) in [7, 11) is 0. The van der Waals surface area contributed by atoms with E-state index in [1.165, 1.54) is 5.69 Å². The number of rotatable bonds is 6. The van der Waals surface area contributed by atoms with Crippen LogP contribution in [0.2, 0.25) is 0 Å². The highest BCUT2D eigenvalue weighted by molar-refractivity contribution is 9.10. The van der Waals surface area contributed by atoms with Crippen LogP contribution in [0.4, 0.5) is 5.69 Å². The SMILES string of the molecule is CCN(CC)c1ccc(-c2n[nH]c(=S)n2N=Cc2ccccc2Br)cc1. The van der Waals surface area contributed by atoms with Crippen molar-refractivity contribution in [3.63, 3.8) is 0 Å². The molecular formula is C19H20BrN5S. The van der Waals surface area contributed by atoms with Gasteiger partial charge in [-0.2, -0.15) is 14.9 Å². The van der Waals surface area contributed by atoms with Crippen molar-refractivity contribution in [2.45, 2.75) is 13.8 Å². The number of halogens is 1. The van der Waals surface area contributed by atoms with Gasteiger partial charge in [0.05, 0.1) is 6.21 Å². The molecule has 0 fully saturated rings. The van der Waals surface area contributed by atoms with Crippen molar-refractivity contribution in [1.82, 2.24) is 14.9 Å². The first-order chi connectivity index (χ1) is 12.6. The van der Waals surface area contributed by atoms with Gasteiger partial charge in [-0.3, -0.25) is 0 Å². The lowest BCUT2D eigenvalue weighted by Gasteiger charge is -2.20. The third-order valence-corrected chi connectivity index (χ3v) is 5.11. The van der Waals surface area contributed by atoms with Crippen LogP contribution in [0.3, 0.4) is 0 Å². The summed E-state index contributed by atoms with van der Waals surface area (Å²) in [5, 5.41) is 11.7. The third kappa shape index (κ3) is 3.94. The summed E-state index contributed by atoms with van der Waals surface area (Å²) in [5.41, 5.74) is 3.12. The molecule has 3 aromatic rings. The molecule has 134 valence electrons. The lowest BCUT2D eigenvalue weighted by Crippen LogP contribution is -2.21. The number of aromatic amines is 1. The van der Waals surface area contributed by atoms with E-state index in [2.05, 4.69) is 62.1 Å². The molecule has 3 rings (SSSR count). The molecule has 0 aliphatic heterocycles.